The Morgan fingerprint density at radius 3 is 2.40 bits per heavy atom. The molecule has 1 aliphatic heterocycles. The molecule has 1 saturated heterocycles. The van der Waals surface area contributed by atoms with Gasteiger partial charge in [-0.25, -0.2) is 0 Å². The summed E-state index contributed by atoms with van der Waals surface area (Å²) in [4.78, 5) is 15.8. The summed E-state index contributed by atoms with van der Waals surface area (Å²) < 4.78 is 0. The number of amides is 1. The van der Waals surface area contributed by atoms with Crippen LogP contribution in [-0.2, 0) is 4.79 Å². The maximum absolute atomic E-state index is 11.6. The van der Waals surface area contributed by atoms with Crippen molar-refractivity contribution in [1.29, 1.82) is 0 Å². The first-order chi connectivity index (χ1) is 7.16. The number of nitrogens with zero attached hydrogens (tertiary/aromatic N) is 2. The molecule has 0 N–H and O–H groups in total. The molecule has 1 aliphatic carbocycles. The van der Waals surface area contributed by atoms with Crippen molar-refractivity contribution in [1.82, 2.24) is 9.80 Å². The number of hydrogen-bond acceptors (Lipinski definition) is 2. The molecule has 0 aromatic heterocycles. The average molecular weight is 210 g/mol. The van der Waals surface area contributed by atoms with E-state index in [1.54, 1.807) is 0 Å². The predicted molar refractivity (Wildman–Crippen MR) is 60.6 cm³/mol. The summed E-state index contributed by atoms with van der Waals surface area (Å²) in [5.41, 5.74) is 0. The summed E-state index contributed by atoms with van der Waals surface area (Å²) in [5.74, 6) is 1.18. The summed E-state index contributed by atoms with van der Waals surface area (Å²) in [7, 11) is 1.91. The Bertz CT molecular complexity index is 234. The molecule has 2 rings (SSSR count). The van der Waals surface area contributed by atoms with Gasteiger partial charge in [0, 0.05) is 26.2 Å². The molecule has 0 aromatic carbocycles. The van der Waals surface area contributed by atoms with Crippen molar-refractivity contribution in [2.45, 2.75) is 38.6 Å². The fraction of sp³-hybridized carbons (Fsp3) is 0.917. The van der Waals surface area contributed by atoms with Crippen LogP contribution in [0.25, 0.3) is 0 Å². The van der Waals surface area contributed by atoms with Gasteiger partial charge in [-0.2, -0.15) is 0 Å². The van der Waals surface area contributed by atoms with Gasteiger partial charge in [-0.15, -0.1) is 0 Å². The van der Waals surface area contributed by atoms with Crippen molar-refractivity contribution < 1.29 is 4.79 Å². The van der Waals surface area contributed by atoms with Gasteiger partial charge in [0.05, 0.1) is 6.54 Å². The van der Waals surface area contributed by atoms with Gasteiger partial charge in [0.25, 0.3) is 0 Å². The van der Waals surface area contributed by atoms with Crippen LogP contribution in [0.2, 0.25) is 0 Å². The minimum absolute atomic E-state index is 0.292. The van der Waals surface area contributed by atoms with E-state index in [2.05, 4.69) is 11.8 Å². The minimum atomic E-state index is 0.292. The lowest BCUT2D eigenvalue weighted by molar-refractivity contribution is -0.135. The smallest absolute Gasteiger partial charge is 0.236 e. The first-order valence-corrected chi connectivity index (χ1v) is 6.15. The van der Waals surface area contributed by atoms with Gasteiger partial charge in [-0.1, -0.05) is 6.92 Å². The maximum Gasteiger partial charge on any atom is 0.236 e. The number of carbonyl (C=O) groups is 1. The molecule has 15 heavy (non-hydrogen) atoms. The van der Waals surface area contributed by atoms with E-state index in [-0.39, 0.29) is 0 Å². The first kappa shape index (κ1) is 10.9. The van der Waals surface area contributed by atoms with Crippen LogP contribution in [0.1, 0.15) is 32.6 Å². The third-order valence-electron chi connectivity index (χ3n) is 3.99. The first-order valence-electron chi connectivity index (χ1n) is 6.15. The van der Waals surface area contributed by atoms with Crippen LogP contribution < -0.4 is 0 Å². The Balaban J connectivity index is 1.86. The van der Waals surface area contributed by atoms with E-state index < -0.39 is 0 Å². The van der Waals surface area contributed by atoms with Crippen molar-refractivity contribution in [2.75, 3.05) is 26.7 Å². The summed E-state index contributed by atoms with van der Waals surface area (Å²) in [6.07, 6.45) is 5.26. The summed E-state index contributed by atoms with van der Waals surface area (Å²) in [5, 5.41) is 0. The summed E-state index contributed by atoms with van der Waals surface area (Å²) in [6, 6.07) is 0.679. The van der Waals surface area contributed by atoms with E-state index in [0.29, 0.717) is 18.5 Å². The standard InChI is InChI=1S/C12H22N2O/c1-10-3-5-11(6-4-10)14-8-7-13(2)12(15)9-14/h10-11H,3-9H2,1-2H3. The van der Waals surface area contributed by atoms with Crippen LogP contribution in [0.4, 0.5) is 0 Å². The SMILES string of the molecule is CC1CCC(N2CCN(C)C(=O)C2)CC1. The highest BCUT2D eigenvalue weighted by molar-refractivity contribution is 5.78. The highest BCUT2D eigenvalue weighted by Gasteiger charge is 2.29. The van der Waals surface area contributed by atoms with Crippen molar-refractivity contribution in [3.63, 3.8) is 0 Å². The van der Waals surface area contributed by atoms with Crippen LogP contribution >= 0.6 is 0 Å². The molecule has 0 unspecified atom stereocenters. The Labute approximate surface area is 92.4 Å². The van der Waals surface area contributed by atoms with E-state index in [4.69, 9.17) is 0 Å². The molecule has 3 heteroatoms. The minimum Gasteiger partial charge on any atom is -0.343 e. The quantitative estimate of drug-likeness (QED) is 0.652. The molecule has 1 amide bonds. The fourth-order valence-electron chi connectivity index (χ4n) is 2.70. The van der Waals surface area contributed by atoms with E-state index in [1.807, 2.05) is 11.9 Å². The predicted octanol–water partition coefficient (Wildman–Crippen LogP) is 1.34. The van der Waals surface area contributed by atoms with E-state index >= 15 is 0 Å². The topological polar surface area (TPSA) is 23.6 Å². The molecule has 0 aromatic rings. The van der Waals surface area contributed by atoms with Gasteiger partial charge in [-0.3, -0.25) is 9.69 Å². The molecule has 3 nitrogen and oxygen atoms in total. The monoisotopic (exact) mass is 210 g/mol. The molecule has 0 bridgehead atoms. The normalized spacial score (nSPS) is 34.5. The van der Waals surface area contributed by atoms with Crippen molar-refractivity contribution >= 4 is 5.91 Å². The van der Waals surface area contributed by atoms with E-state index in [0.717, 1.165) is 19.0 Å². The largest absolute Gasteiger partial charge is 0.343 e. The number of hydrogen-bond donors (Lipinski definition) is 0. The highest BCUT2D eigenvalue weighted by atomic mass is 16.2. The third kappa shape index (κ3) is 2.51. The number of rotatable bonds is 1. The second-order valence-electron chi connectivity index (χ2n) is 5.20. The van der Waals surface area contributed by atoms with Crippen LogP contribution in [0.5, 0.6) is 0 Å². The molecule has 0 atom stereocenters. The third-order valence-corrected chi connectivity index (χ3v) is 3.99. The Hall–Kier alpha value is -0.570. The highest BCUT2D eigenvalue weighted by Crippen LogP contribution is 2.27. The maximum atomic E-state index is 11.6. The van der Waals surface area contributed by atoms with Crippen LogP contribution in [0, 0.1) is 5.92 Å². The average Bonchev–Trinajstić information content (AvgIpc) is 2.23. The number of carbonyl (C=O) groups excluding carboxylic acids is 1. The Morgan fingerprint density at radius 1 is 1.13 bits per heavy atom. The molecular weight excluding hydrogens is 188 g/mol. The molecule has 1 saturated carbocycles. The molecule has 0 radical (unpaired) electrons. The second-order valence-corrected chi connectivity index (χ2v) is 5.20. The summed E-state index contributed by atoms with van der Waals surface area (Å²) >= 11 is 0. The van der Waals surface area contributed by atoms with Crippen LogP contribution in [-0.4, -0.2) is 48.4 Å². The molecule has 2 fully saturated rings. The number of likely N-dealkylation sites (N-methyl/N-ethyl adjacent to an activating group) is 1. The van der Waals surface area contributed by atoms with Gasteiger partial charge in [0.2, 0.25) is 5.91 Å². The molecule has 86 valence electrons. The van der Waals surface area contributed by atoms with Gasteiger partial charge < -0.3 is 4.90 Å². The lowest BCUT2D eigenvalue weighted by Crippen LogP contribution is -2.52. The lowest BCUT2D eigenvalue weighted by Gasteiger charge is -2.40. The van der Waals surface area contributed by atoms with Gasteiger partial charge in [0.15, 0.2) is 0 Å². The fourth-order valence-corrected chi connectivity index (χ4v) is 2.70. The van der Waals surface area contributed by atoms with Crippen molar-refractivity contribution in [2.24, 2.45) is 5.92 Å². The molecule has 2 aliphatic rings. The van der Waals surface area contributed by atoms with E-state index in [9.17, 15) is 4.79 Å². The molecule has 1 heterocycles. The zero-order valence-electron chi connectivity index (χ0n) is 9.91. The number of piperazine rings is 1. The second kappa shape index (κ2) is 4.52. The molecule has 0 spiro atoms. The Morgan fingerprint density at radius 2 is 1.80 bits per heavy atom. The lowest BCUT2D eigenvalue weighted by atomic mass is 9.86. The van der Waals surface area contributed by atoms with Gasteiger partial charge >= 0.3 is 0 Å². The van der Waals surface area contributed by atoms with Crippen LogP contribution in [0.3, 0.4) is 0 Å². The van der Waals surface area contributed by atoms with E-state index in [1.165, 1.54) is 25.7 Å². The molecular formula is C12H22N2O. The zero-order chi connectivity index (χ0) is 10.8. The van der Waals surface area contributed by atoms with Crippen molar-refractivity contribution in [3.8, 4) is 0 Å². The van der Waals surface area contributed by atoms with Gasteiger partial charge in [-0.05, 0) is 31.6 Å². The zero-order valence-corrected chi connectivity index (χ0v) is 9.91. The van der Waals surface area contributed by atoms with Crippen LogP contribution in [0.15, 0.2) is 0 Å². The summed E-state index contributed by atoms with van der Waals surface area (Å²) in [6.45, 7) is 4.97. The Kier molecular flexibility index (Phi) is 3.29. The van der Waals surface area contributed by atoms with Crippen molar-refractivity contribution in [3.05, 3.63) is 0 Å². The van der Waals surface area contributed by atoms with Gasteiger partial charge in [0.1, 0.15) is 0 Å².